The highest BCUT2D eigenvalue weighted by Crippen LogP contribution is 2.31. The van der Waals surface area contributed by atoms with Gasteiger partial charge in [-0.1, -0.05) is 18.2 Å². The highest BCUT2D eigenvalue weighted by molar-refractivity contribution is 7.80. The fourth-order valence-corrected chi connectivity index (χ4v) is 3.73. The van der Waals surface area contributed by atoms with Crippen molar-refractivity contribution < 1.29 is 9.47 Å². The van der Waals surface area contributed by atoms with Crippen molar-refractivity contribution in [3.63, 3.8) is 0 Å². The average Bonchev–Trinajstić information content (AvgIpc) is 2.78. The first kappa shape index (κ1) is 23.6. The number of H-pyrrole nitrogens is 1. The van der Waals surface area contributed by atoms with Crippen LogP contribution < -0.4 is 20.3 Å². The van der Waals surface area contributed by atoms with Crippen molar-refractivity contribution in [1.29, 1.82) is 0 Å². The van der Waals surface area contributed by atoms with Gasteiger partial charge in [0.2, 0.25) is 0 Å². The second-order valence-electron chi connectivity index (χ2n) is 7.79. The van der Waals surface area contributed by atoms with Gasteiger partial charge in [0.1, 0.15) is 0 Å². The van der Waals surface area contributed by atoms with Gasteiger partial charge in [0.05, 0.1) is 26.3 Å². The molecule has 0 aliphatic rings. The van der Waals surface area contributed by atoms with Crippen molar-refractivity contribution >= 4 is 33.9 Å². The first-order valence-corrected chi connectivity index (χ1v) is 10.9. The lowest BCUT2D eigenvalue weighted by Gasteiger charge is -2.26. The van der Waals surface area contributed by atoms with E-state index in [1.54, 1.807) is 20.3 Å². The number of aromatic nitrogens is 1. The van der Waals surface area contributed by atoms with E-state index >= 15 is 0 Å². The molecule has 0 radical (unpaired) electrons. The van der Waals surface area contributed by atoms with Crippen LogP contribution >= 0.6 is 12.2 Å². The monoisotopic (exact) mass is 454 g/mol. The summed E-state index contributed by atoms with van der Waals surface area (Å²) < 4.78 is 10.8. The number of para-hydroxylation sites is 1. The predicted octanol–water partition coefficient (Wildman–Crippen LogP) is 3.70. The maximum absolute atomic E-state index is 12.9. The van der Waals surface area contributed by atoms with Crippen molar-refractivity contribution in [3.05, 3.63) is 64.4 Å². The number of methoxy groups -OCH3 is 2. The van der Waals surface area contributed by atoms with Crippen molar-refractivity contribution in [3.8, 4) is 11.5 Å². The van der Waals surface area contributed by atoms with Crippen LogP contribution in [0.3, 0.4) is 0 Å². The Morgan fingerprint density at radius 3 is 2.38 bits per heavy atom. The van der Waals surface area contributed by atoms with E-state index in [-0.39, 0.29) is 5.56 Å². The first-order chi connectivity index (χ1) is 15.4. The molecule has 7 nitrogen and oxygen atoms in total. The summed E-state index contributed by atoms with van der Waals surface area (Å²) in [5.41, 5.74) is 2.09. The number of nitrogens with zero attached hydrogens (tertiary/aromatic N) is 2. The van der Waals surface area contributed by atoms with Gasteiger partial charge in [-0.2, -0.15) is 0 Å². The minimum absolute atomic E-state index is 0.148. The highest BCUT2D eigenvalue weighted by Gasteiger charge is 2.15. The zero-order valence-corrected chi connectivity index (χ0v) is 19.8. The Bertz CT molecular complexity index is 1120. The van der Waals surface area contributed by atoms with Crippen molar-refractivity contribution in [1.82, 2.24) is 14.8 Å². The molecule has 2 aromatic carbocycles. The molecule has 0 saturated heterocycles. The molecule has 2 N–H and O–H groups in total. The Kier molecular flexibility index (Phi) is 8.08. The lowest BCUT2D eigenvalue weighted by molar-refractivity contribution is 0.346. The molecule has 32 heavy (non-hydrogen) atoms. The van der Waals surface area contributed by atoms with Crippen LogP contribution in [0.15, 0.2) is 53.3 Å². The molecule has 0 unspecified atom stereocenters. The number of hydrogen-bond acceptors (Lipinski definition) is 5. The van der Waals surface area contributed by atoms with Crippen LogP contribution in [0, 0.1) is 0 Å². The Labute approximate surface area is 193 Å². The number of fused-ring (bicyclic) bond motifs is 1. The lowest BCUT2D eigenvalue weighted by Crippen LogP contribution is -2.37. The minimum Gasteiger partial charge on any atom is -0.493 e. The van der Waals surface area contributed by atoms with Crippen LogP contribution in [0.2, 0.25) is 0 Å². The van der Waals surface area contributed by atoms with Gasteiger partial charge >= 0.3 is 0 Å². The standard InChI is InChI=1S/C24H30N4O3S/c1-27(2)11-8-12-28(24(32)25-19-9-6-5-7-10-19)16-18-13-17-14-21(30-3)22(31-4)15-20(17)26-23(18)29/h5-7,9-10,13-15H,8,11-12,16H2,1-4H3,(H,25,32)(H,26,29). The summed E-state index contributed by atoms with van der Waals surface area (Å²) >= 11 is 5.70. The summed E-state index contributed by atoms with van der Waals surface area (Å²) in [4.78, 5) is 20.0. The first-order valence-electron chi connectivity index (χ1n) is 10.4. The second kappa shape index (κ2) is 11.0. The Morgan fingerprint density at radius 1 is 1.03 bits per heavy atom. The number of thiocarbonyl (C=S) groups is 1. The van der Waals surface area contributed by atoms with Crippen LogP contribution in [0.1, 0.15) is 12.0 Å². The number of hydrogen-bond donors (Lipinski definition) is 2. The Balaban J connectivity index is 1.88. The van der Waals surface area contributed by atoms with E-state index in [9.17, 15) is 4.79 Å². The number of ether oxygens (including phenoxy) is 2. The fourth-order valence-electron chi connectivity index (χ4n) is 3.46. The fraction of sp³-hybridized carbons (Fsp3) is 0.333. The molecule has 0 aliphatic carbocycles. The zero-order valence-electron chi connectivity index (χ0n) is 19.0. The van der Waals surface area contributed by atoms with Crippen molar-refractivity contribution in [2.24, 2.45) is 0 Å². The molecule has 170 valence electrons. The van der Waals surface area contributed by atoms with Crippen LogP contribution in [0.5, 0.6) is 11.5 Å². The molecule has 0 bridgehead atoms. The van der Waals surface area contributed by atoms with Crippen LogP contribution in [0.25, 0.3) is 10.9 Å². The van der Waals surface area contributed by atoms with Gasteiger partial charge in [-0.3, -0.25) is 4.79 Å². The molecule has 8 heteroatoms. The molecular formula is C24H30N4O3S. The molecular weight excluding hydrogens is 424 g/mol. The van der Waals surface area contributed by atoms with E-state index in [2.05, 4.69) is 15.2 Å². The predicted molar refractivity (Wildman–Crippen MR) is 134 cm³/mol. The van der Waals surface area contributed by atoms with Gasteiger partial charge < -0.3 is 29.6 Å². The summed E-state index contributed by atoms with van der Waals surface area (Å²) in [5, 5.41) is 4.74. The Morgan fingerprint density at radius 2 is 1.72 bits per heavy atom. The average molecular weight is 455 g/mol. The summed E-state index contributed by atoms with van der Waals surface area (Å²) in [6, 6.07) is 15.3. The summed E-state index contributed by atoms with van der Waals surface area (Å²) in [7, 11) is 7.25. The van der Waals surface area contributed by atoms with Gasteiger partial charge in [-0.05, 0) is 63.5 Å². The third kappa shape index (κ3) is 5.99. The van der Waals surface area contributed by atoms with Gasteiger partial charge in [0.25, 0.3) is 5.56 Å². The van der Waals surface area contributed by atoms with E-state index in [1.807, 2.05) is 61.5 Å². The van der Waals surface area contributed by atoms with Gasteiger partial charge in [0.15, 0.2) is 16.6 Å². The lowest BCUT2D eigenvalue weighted by atomic mass is 10.1. The molecule has 3 aromatic rings. The molecule has 0 atom stereocenters. The SMILES string of the molecule is COc1cc2cc(CN(CCCN(C)C)C(=S)Nc3ccccc3)c(=O)[nH]c2cc1OC. The van der Waals surface area contributed by atoms with E-state index < -0.39 is 0 Å². The molecule has 0 aliphatic heterocycles. The number of nitrogens with one attached hydrogen (secondary N) is 2. The van der Waals surface area contributed by atoms with E-state index in [4.69, 9.17) is 21.7 Å². The van der Waals surface area contributed by atoms with Crippen LogP contribution in [0.4, 0.5) is 5.69 Å². The zero-order chi connectivity index (χ0) is 23.1. The maximum atomic E-state index is 12.9. The maximum Gasteiger partial charge on any atom is 0.253 e. The third-order valence-corrected chi connectivity index (χ3v) is 5.49. The van der Waals surface area contributed by atoms with E-state index in [0.717, 1.165) is 30.6 Å². The van der Waals surface area contributed by atoms with Crippen molar-refractivity contribution in [2.75, 3.05) is 46.7 Å². The molecule has 0 fully saturated rings. The molecule has 3 rings (SSSR count). The summed E-state index contributed by atoms with van der Waals surface area (Å²) in [6.07, 6.45) is 0.917. The van der Waals surface area contributed by atoms with Gasteiger partial charge in [-0.25, -0.2) is 0 Å². The molecule has 0 spiro atoms. The largest absolute Gasteiger partial charge is 0.493 e. The summed E-state index contributed by atoms with van der Waals surface area (Å²) in [5.74, 6) is 1.18. The third-order valence-electron chi connectivity index (χ3n) is 5.13. The molecule has 1 heterocycles. The summed E-state index contributed by atoms with van der Waals surface area (Å²) in [6.45, 7) is 2.04. The highest BCUT2D eigenvalue weighted by atomic mass is 32.1. The van der Waals surface area contributed by atoms with Gasteiger partial charge in [0, 0.05) is 29.2 Å². The number of benzene rings is 2. The number of rotatable bonds is 9. The topological polar surface area (TPSA) is 69.8 Å². The normalized spacial score (nSPS) is 10.9. The molecule has 1 aromatic heterocycles. The number of aromatic amines is 1. The van der Waals surface area contributed by atoms with Crippen molar-refractivity contribution in [2.45, 2.75) is 13.0 Å². The van der Waals surface area contributed by atoms with Crippen LogP contribution in [-0.2, 0) is 6.54 Å². The number of pyridine rings is 1. The van der Waals surface area contributed by atoms with E-state index in [0.29, 0.717) is 34.2 Å². The molecule has 0 amide bonds. The second-order valence-corrected chi connectivity index (χ2v) is 8.18. The quantitative estimate of drug-likeness (QED) is 0.478. The smallest absolute Gasteiger partial charge is 0.253 e. The Hall–Kier alpha value is -3.10. The van der Waals surface area contributed by atoms with Gasteiger partial charge in [-0.15, -0.1) is 0 Å². The van der Waals surface area contributed by atoms with Crippen LogP contribution in [-0.4, -0.2) is 61.3 Å². The number of anilines is 1. The van der Waals surface area contributed by atoms with E-state index in [1.165, 1.54) is 0 Å². The minimum atomic E-state index is -0.148. The molecule has 0 saturated carbocycles.